The molecule has 1 aromatic heterocycles. The topological polar surface area (TPSA) is 22.9 Å². The zero-order chi connectivity index (χ0) is 61.1. The van der Waals surface area contributed by atoms with Crippen LogP contribution in [0.3, 0.4) is 0 Å². The molecule has 1 aliphatic carbocycles. The standard InChI is InChI=1S/C82H84BN3O/c1-77(2,3)53-32-35-57(36-33-53)86-75-63(39-38-62-65-49-66-67(50-72(65)87-76(62)75)82(15,16)43-42-81(66,13)14)73-61-31-21-20-26-52(61)44-71-74(73)83(86)68-48-60(84(58-29-22-27-54(45-58)78(4,5)6)59-30-23-28-55(46-59)79(7,8)9)37-41-70(68)85(71)69-40-34-56(80(10,11)12)47-64(69)51-24-18-17-19-25-51/h17-41,44-50H,42-43H2,1-16H3. The Kier molecular flexibility index (Phi) is 12.7. The molecule has 0 saturated heterocycles. The minimum atomic E-state index is -0.318. The van der Waals surface area contributed by atoms with Gasteiger partial charge in [0.2, 0.25) is 0 Å². The Hall–Kier alpha value is -8.28. The van der Waals surface area contributed by atoms with Crippen molar-refractivity contribution in [1.82, 2.24) is 0 Å². The number of hydrogen-bond acceptors (Lipinski definition) is 4. The first kappa shape index (κ1) is 56.5. The van der Waals surface area contributed by atoms with Gasteiger partial charge in [0.1, 0.15) is 5.58 Å². The molecular formula is C82H84BN3O. The molecule has 3 aliphatic rings. The summed E-state index contributed by atoms with van der Waals surface area (Å²) in [6.45, 7) is 37.2. The number of fused-ring (bicyclic) bond motifs is 11. The maximum atomic E-state index is 7.65. The fourth-order valence-corrected chi connectivity index (χ4v) is 14.6. The lowest BCUT2D eigenvalue weighted by Crippen LogP contribution is -2.61. The van der Waals surface area contributed by atoms with E-state index in [0.29, 0.717) is 0 Å². The molecule has 0 saturated carbocycles. The van der Waals surface area contributed by atoms with Gasteiger partial charge < -0.3 is 19.0 Å². The maximum Gasteiger partial charge on any atom is 0.333 e. The third kappa shape index (κ3) is 9.32. The number of benzene rings is 10. The van der Waals surface area contributed by atoms with E-state index < -0.39 is 0 Å². The summed E-state index contributed by atoms with van der Waals surface area (Å²) in [5, 5.41) is 4.75. The predicted molar refractivity (Wildman–Crippen MR) is 375 cm³/mol. The molecule has 14 rings (SSSR count). The SMILES string of the molecule is CC(C)(C)c1ccc(N2B3c4cc(N(c5cccc(C(C)(C)C)c5)c5cccc(C(C)(C)C)c5)ccc4N(c4ccc(C(C)(C)C)cc4-c4ccccc4)c4cc5ccccc5c(c43)-c3ccc4c(oc5cc6c(cc54)C(C)(C)CCC6(C)C)c32)cc1. The third-order valence-corrected chi connectivity index (χ3v) is 19.9. The maximum absolute atomic E-state index is 7.65. The minimum absolute atomic E-state index is 0.0192. The van der Waals surface area contributed by atoms with Gasteiger partial charge in [0.25, 0.3) is 0 Å². The number of nitrogens with zero attached hydrogens (tertiary/aromatic N) is 3. The van der Waals surface area contributed by atoms with Gasteiger partial charge in [-0.2, -0.15) is 0 Å². The lowest BCUT2D eigenvalue weighted by atomic mass is 9.43. The van der Waals surface area contributed by atoms with Crippen molar-refractivity contribution >= 4 is 96.0 Å². The van der Waals surface area contributed by atoms with E-state index in [4.69, 9.17) is 4.42 Å². The van der Waals surface area contributed by atoms with Gasteiger partial charge in [0, 0.05) is 56.0 Å². The number of furan rings is 1. The van der Waals surface area contributed by atoms with E-state index in [-0.39, 0.29) is 39.3 Å². The van der Waals surface area contributed by atoms with Gasteiger partial charge in [-0.15, -0.1) is 0 Å². The molecule has 0 bridgehead atoms. The molecule has 10 aromatic carbocycles. The number of hydrogen-bond donors (Lipinski definition) is 0. The second-order valence-electron chi connectivity index (χ2n) is 30.9. The zero-order valence-electron chi connectivity index (χ0n) is 54.2. The summed E-state index contributed by atoms with van der Waals surface area (Å²) in [5.74, 6) is 0. The fourth-order valence-electron chi connectivity index (χ4n) is 14.6. The highest BCUT2D eigenvalue weighted by Gasteiger charge is 2.48. The summed E-state index contributed by atoms with van der Waals surface area (Å²) in [7, 11) is 0. The van der Waals surface area contributed by atoms with Crippen molar-refractivity contribution in [3.8, 4) is 22.3 Å². The second-order valence-corrected chi connectivity index (χ2v) is 30.9. The smallest absolute Gasteiger partial charge is 0.333 e. The summed E-state index contributed by atoms with van der Waals surface area (Å²) >= 11 is 0. The van der Waals surface area contributed by atoms with Crippen LogP contribution in [0.1, 0.15) is 157 Å². The Balaban J connectivity index is 1.14. The molecule has 0 spiro atoms. The molecule has 2 aliphatic heterocycles. The van der Waals surface area contributed by atoms with Gasteiger partial charge in [0.15, 0.2) is 5.58 Å². The first-order chi connectivity index (χ1) is 41.2. The van der Waals surface area contributed by atoms with Crippen LogP contribution in [0.25, 0.3) is 55.0 Å². The molecule has 11 aromatic rings. The van der Waals surface area contributed by atoms with Gasteiger partial charge in [-0.3, -0.25) is 0 Å². The largest absolute Gasteiger partial charge is 0.454 e. The average molecular weight is 1140 g/mol. The number of rotatable bonds is 6. The zero-order valence-corrected chi connectivity index (χ0v) is 54.2. The molecule has 0 amide bonds. The molecule has 436 valence electrons. The molecule has 0 N–H and O–H groups in total. The summed E-state index contributed by atoms with van der Waals surface area (Å²) in [6, 6.07) is 75.0. The van der Waals surface area contributed by atoms with Crippen LogP contribution in [0.4, 0.5) is 45.5 Å². The lowest BCUT2D eigenvalue weighted by molar-refractivity contribution is 0.332. The van der Waals surface area contributed by atoms with E-state index in [1.165, 1.54) is 88.4 Å². The molecule has 5 heteroatoms. The molecule has 4 nitrogen and oxygen atoms in total. The van der Waals surface area contributed by atoms with Crippen LogP contribution in [0.2, 0.25) is 0 Å². The Bertz CT molecular complexity index is 4510. The molecule has 87 heavy (non-hydrogen) atoms. The molecule has 0 unspecified atom stereocenters. The highest BCUT2D eigenvalue weighted by molar-refractivity contribution is 6.94. The van der Waals surface area contributed by atoms with Gasteiger partial charge in [-0.1, -0.05) is 214 Å². The summed E-state index contributed by atoms with van der Waals surface area (Å²) < 4.78 is 7.65. The van der Waals surface area contributed by atoms with E-state index in [2.05, 4.69) is 320 Å². The second kappa shape index (κ2) is 19.6. The quantitative estimate of drug-likeness (QED) is 0.155. The Morgan fingerprint density at radius 3 is 1.63 bits per heavy atom. The van der Waals surface area contributed by atoms with Crippen LogP contribution >= 0.6 is 0 Å². The molecule has 0 radical (unpaired) electrons. The van der Waals surface area contributed by atoms with Crippen LogP contribution in [0.5, 0.6) is 0 Å². The van der Waals surface area contributed by atoms with Crippen LogP contribution in [0.15, 0.2) is 199 Å². The first-order valence-corrected chi connectivity index (χ1v) is 31.8. The van der Waals surface area contributed by atoms with Gasteiger partial charge in [-0.25, -0.2) is 0 Å². The van der Waals surface area contributed by atoms with Crippen LogP contribution < -0.4 is 25.5 Å². The third-order valence-electron chi connectivity index (χ3n) is 19.9. The molecule has 0 atom stereocenters. The van der Waals surface area contributed by atoms with Gasteiger partial charge >= 0.3 is 6.85 Å². The summed E-state index contributed by atoms with van der Waals surface area (Å²) in [4.78, 5) is 7.83. The summed E-state index contributed by atoms with van der Waals surface area (Å²) in [5.41, 5.74) is 25.9. The van der Waals surface area contributed by atoms with Crippen molar-refractivity contribution in [1.29, 1.82) is 0 Å². The predicted octanol–water partition coefficient (Wildman–Crippen LogP) is 22.1. The van der Waals surface area contributed by atoms with Crippen molar-refractivity contribution in [2.45, 2.75) is 156 Å². The van der Waals surface area contributed by atoms with Gasteiger partial charge in [-0.05, 0) is 203 Å². The van der Waals surface area contributed by atoms with E-state index >= 15 is 0 Å². The van der Waals surface area contributed by atoms with Crippen molar-refractivity contribution < 1.29 is 4.42 Å². The van der Waals surface area contributed by atoms with Crippen LogP contribution in [-0.2, 0) is 32.5 Å². The summed E-state index contributed by atoms with van der Waals surface area (Å²) in [6.07, 6.45) is 2.27. The van der Waals surface area contributed by atoms with Crippen molar-refractivity contribution in [2.24, 2.45) is 0 Å². The van der Waals surface area contributed by atoms with E-state index in [9.17, 15) is 0 Å². The average Bonchev–Trinajstić information content (AvgIpc) is 1.52. The highest BCUT2D eigenvalue weighted by Crippen LogP contribution is 2.56. The van der Waals surface area contributed by atoms with Crippen molar-refractivity contribution in [2.75, 3.05) is 14.6 Å². The number of anilines is 8. The normalized spacial score (nSPS) is 15.4. The lowest BCUT2D eigenvalue weighted by Gasteiger charge is -2.46. The molecule has 0 fully saturated rings. The minimum Gasteiger partial charge on any atom is -0.454 e. The van der Waals surface area contributed by atoms with Gasteiger partial charge in [0.05, 0.1) is 11.4 Å². The van der Waals surface area contributed by atoms with Crippen molar-refractivity contribution in [3.05, 3.63) is 228 Å². The Morgan fingerprint density at radius 2 is 1.00 bits per heavy atom. The van der Waals surface area contributed by atoms with Crippen LogP contribution in [0, 0.1) is 0 Å². The van der Waals surface area contributed by atoms with E-state index in [1.807, 2.05) is 0 Å². The molecule has 3 heterocycles. The Morgan fingerprint density at radius 1 is 0.437 bits per heavy atom. The van der Waals surface area contributed by atoms with E-state index in [1.54, 1.807) is 0 Å². The highest BCUT2D eigenvalue weighted by atomic mass is 16.3. The van der Waals surface area contributed by atoms with Crippen molar-refractivity contribution in [3.63, 3.8) is 0 Å². The van der Waals surface area contributed by atoms with Crippen LogP contribution in [-0.4, -0.2) is 6.85 Å². The fraction of sp³-hybridized carbons (Fsp3) is 0.293. The van der Waals surface area contributed by atoms with E-state index in [0.717, 1.165) is 69.2 Å². The Labute approximate surface area is 518 Å². The first-order valence-electron chi connectivity index (χ1n) is 31.8. The molecular weight excluding hydrogens is 1050 g/mol. The monoisotopic (exact) mass is 1140 g/mol.